The number of aromatic nitrogens is 1. The van der Waals surface area contributed by atoms with Gasteiger partial charge in [-0.25, -0.2) is 4.98 Å². The normalized spacial score (nSPS) is 36.2. The van der Waals surface area contributed by atoms with Gasteiger partial charge in [0.05, 0.1) is 11.6 Å². The monoisotopic (exact) mass is 197 g/mol. The average Bonchev–Trinajstić information content (AvgIpc) is 2.67. The third-order valence-electron chi connectivity index (χ3n) is 3.41. The number of oxazole rings is 1. The zero-order chi connectivity index (χ0) is 8.84. The van der Waals surface area contributed by atoms with Gasteiger partial charge in [0.2, 0.25) is 0 Å². The van der Waals surface area contributed by atoms with Crippen molar-refractivity contribution in [1.82, 2.24) is 4.98 Å². The van der Waals surface area contributed by atoms with Gasteiger partial charge in [0, 0.05) is 5.92 Å². The minimum Gasteiger partial charge on any atom is -0.448 e. The quantitative estimate of drug-likeness (QED) is 0.682. The molecule has 0 radical (unpaired) electrons. The van der Waals surface area contributed by atoms with Crippen molar-refractivity contribution in [3.05, 3.63) is 17.8 Å². The van der Waals surface area contributed by atoms with E-state index in [9.17, 15) is 0 Å². The smallest absolute Gasteiger partial charge is 0.181 e. The van der Waals surface area contributed by atoms with Gasteiger partial charge < -0.3 is 4.42 Å². The van der Waals surface area contributed by atoms with E-state index < -0.39 is 0 Å². The van der Waals surface area contributed by atoms with Gasteiger partial charge in [-0.05, 0) is 31.1 Å². The van der Waals surface area contributed by atoms with Gasteiger partial charge in [-0.15, -0.1) is 11.6 Å². The highest BCUT2D eigenvalue weighted by Gasteiger charge is 2.47. The first kappa shape index (κ1) is 7.86. The Morgan fingerprint density at radius 2 is 2.15 bits per heavy atom. The number of halogens is 1. The summed E-state index contributed by atoms with van der Waals surface area (Å²) in [6.45, 7) is 0. The summed E-state index contributed by atoms with van der Waals surface area (Å²) in [4.78, 5) is 4.12. The maximum absolute atomic E-state index is 5.78. The Hall–Kier alpha value is -0.500. The average molecular weight is 198 g/mol. The van der Waals surface area contributed by atoms with Crippen LogP contribution in [0.3, 0.4) is 0 Å². The van der Waals surface area contributed by atoms with Gasteiger partial charge >= 0.3 is 0 Å². The summed E-state index contributed by atoms with van der Waals surface area (Å²) in [5.41, 5.74) is 0.952. The van der Waals surface area contributed by atoms with Crippen LogP contribution in [0.4, 0.5) is 0 Å². The molecule has 2 atom stereocenters. The Balaban J connectivity index is 1.83. The minimum atomic E-state index is 0.484. The molecule has 2 saturated carbocycles. The summed E-state index contributed by atoms with van der Waals surface area (Å²) in [5.74, 6) is 4.12. The highest BCUT2D eigenvalue weighted by atomic mass is 35.5. The lowest BCUT2D eigenvalue weighted by atomic mass is 9.99. The lowest BCUT2D eigenvalue weighted by molar-refractivity contribution is 0.441. The predicted octanol–water partition coefficient (Wildman–Crippen LogP) is 2.93. The molecular weight excluding hydrogens is 186 g/mol. The lowest BCUT2D eigenvalue weighted by Gasteiger charge is -2.08. The summed E-state index contributed by atoms with van der Waals surface area (Å²) in [5, 5.41) is 0. The molecule has 0 amide bonds. The summed E-state index contributed by atoms with van der Waals surface area (Å²) in [6.07, 6.45) is 5.56. The van der Waals surface area contributed by atoms with Crippen LogP contribution in [0.25, 0.3) is 0 Å². The Morgan fingerprint density at radius 3 is 2.85 bits per heavy atom. The van der Waals surface area contributed by atoms with E-state index in [1.165, 1.54) is 25.7 Å². The van der Waals surface area contributed by atoms with E-state index in [0.717, 1.165) is 23.3 Å². The summed E-state index contributed by atoms with van der Waals surface area (Å²) < 4.78 is 5.41. The van der Waals surface area contributed by atoms with E-state index >= 15 is 0 Å². The fourth-order valence-electron chi connectivity index (χ4n) is 2.64. The summed E-state index contributed by atoms with van der Waals surface area (Å²) in [6, 6.07) is 0. The Labute approximate surface area is 82.3 Å². The topological polar surface area (TPSA) is 26.0 Å². The van der Waals surface area contributed by atoms with Crippen LogP contribution in [0.1, 0.15) is 36.6 Å². The van der Waals surface area contributed by atoms with Gasteiger partial charge in [-0.3, -0.25) is 0 Å². The molecule has 3 heteroatoms. The number of nitrogens with zero attached hydrogens (tertiary/aromatic N) is 1. The van der Waals surface area contributed by atoms with Crippen molar-refractivity contribution < 1.29 is 4.42 Å². The van der Waals surface area contributed by atoms with Crippen molar-refractivity contribution in [3.8, 4) is 0 Å². The first-order valence-corrected chi connectivity index (χ1v) is 5.40. The van der Waals surface area contributed by atoms with Crippen molar-refractivity contribution >= 4 is 11.6 Å². The van der Waals surface area contributed by atoms with Gasteiger partial charge in [0.1, 0.15) is 5.76 Å². The molecule has 3 rings (SSSR count). The molecule has 2 unspecified atom stereocenters. The molecule has 2 nitrogen and oxygen atoms in total. The van der Waals surface area contributed by atoms with Crippen LogP contribution in [0.5, 0.6) is 0 Å². The first-order valence-electron chi connectivity index (χ1n) is 4.86. The fraction of sp³-hybridized carbons (Fsp3) is 0.700. The van der Waals surface area contributed by atoms with Gasteiger partial charge in [0.25, 0.3) is 0 Å². The largest absolute Gasteiger partial charge is 0.448 e. The molecule has 0 bridgehead atoms. The molecule has 0 aromatic carbocycles. The molecule has 0 aliphatic heterocycles. The van der Waals surface area contributed by atoms with Crippen LogP contribution < -0.4 is 0 Å². The molecule has 2 aliphatic carbocycles. The number of rotatable bonds is 2. The minimum absolute atomic E-state index is 0.484. The van der Waals surface area contributed by atoms with Gasteiger partial charge in [0.15, 0.2) is 6.39 Å². The van der Waals surface area contributed by atoms with Crippen LogP contribution in [0, 0.1) is 11.8 Å². The van der Waals surface area contributed by atoms with Crippen LogP contribution in [-0.4, -0.2) is 4.98 Å². The van der Waals surface area contributed by atoms with E-state index in [-0.39, 0.29) is 0 Å². The molecule has 13 heavy (non-hydrogen) atoms. The van der Waals surface area contributed by atoms with E-state index in [0.29, 0.717) is 11.8 Å². The van der Waals surface area contributed by atoms with E-state index in [1.807, 2.05) is 0 Å². The zero-order valence-corrected chi connectivity index (χ0v) is 8.13. The number of hydrogen-bond donors (Lipinski definition) is 0. The van der Waals surface area contributed by atoms with Gasteiger partial charge in [-0.1, -0.05) is 0 Å². The standard InChI is InChI=1S/C10H12ClNO/c11-4-9-10(13-5-12-9)8-2-6-1-7(6)3-8/h5-8H,1-4H2. The zero-order valence-electron chi connectivity index (χ0n) is 7.37. The Kier molecular flexibility index (Phi) is 1.66. The molecule has 0 spiro atoms. The maximum Gasteiger partial charge on any atom is 0.181 e. The second-order valence-electron chi connectivity index (χ2n) is 4.22. The van der Waals surface area contributed by atoms with Crippen LogP contribution in [-0.2, 0) is 5.88 Å². The molecule has 70 valence electrons. The summed E-state index contributed by atoms with van der Waals surface area (Å²) >= 11 is 5.78. The Morgan fingerprint density at radius 1 is 1.38 bits per heavy atom. The van der Waals surface area contributed by atoms with E-state index in [4.69, 9.17) is 16.0 Å². The predicted molar refractivity (Wildman–Crippen MR) is 49.6 cm³/mol. The molecule has 2 aliphatic rings. The second kappa shape index (κ2) is 2.74. The van der Waals surface area contributed by atoms with Crippen LogP contribution in [0.2, 0.25) is 0 Å². The Bertz CT molecular complexity index is 312. The molecular formula is C10H12ClNO. The number of hydrogen-bond acceptors (Lipinski definition) is 2. The maximum atomic E-state index is 5.78. The van der Waals surface area contributed by atoms with Crippen molar-refractivity contribution in [2.45, 2.75) is 31.1 Å². The van der Waals surface area contributed by atoms with Crippen LogP contribution >= 0.6 is 11.6 Å². The molecule has 0 saturated heterocycles. The van der Waals surface area contributed by atoms with Crippen molar-refractivity contribution in [1.29, 1.82) is 0 Å². The van der Waals surface area contributed by atoms with Gasteiger partial charge in [-0.2, -0.15) is 0 Å². The van der Waals surface area contributed by atoms with Crippen molar-refractivity contribution in [3.63, 3.8) is 0 Å². The molecule has 0 N–H and O–H groups in total. The lowest BCUT2D eigenvalue weighted by Crippen LogP contribution is -1.97. The number of fused-ring (bicyclic) bond motifs is 1. The molecule has 1 aromatic heterocycles. The fourth-order valence-corrected chi connectivity index (χ4v) is 2.84. The third-order valence-corrected chi connectivity index (χ3v) is 3.67. The third kappa shape index (κ3) is 1.19. The van der Waals surface area contributed by atoms with Crippen LogP contribution in [0.15, 0.2) is 10.8 Å². The molecule has 2 fully saturated rings. The van der Waals surface area contributed by atoms with E-state index in [1.54, 1.807) is 0 Å². The first-order chi connectivity index (χ1) is 6.38. The van der Waals surface area contributed by atoms with E-state index in [2.05, 4.69) is 4.98 Å². The second-order valence-corrected chi connectivity index (χ2v) is 4.49. The summed E-state index contributed by atoms with van der Waals surface area (Å²) in [7, 11) is 0. The molecule has 1 heterocycles. The van der Waals surface area contributed by atoms with Crippen molar-refractivity contribution in [2.75, 3.05) is 0 Å². The highest BCUT2D eigenvalue weighted by Crippen LogP contribution is 2.57. The SMILES string of the molecule is ClCc1ncoc1C1CC2CC2C1. The molecule has 1 aromatic rings. The highest BCUT2D eigenvalue weighted by molar-refractivity contribution is 6.16. The number of alkyl halides is 1. The van der Waals surface area contributed by atoms with Crippen molar-refractivity contribution in [2.24, 2.45) is 11.8 Å².